The molecule has 0 aliphatic carbocycles. The van der Waals surface area contributed by atoms with Crippen LogP contribution in [0.4, 0.5) is 5.69 Å². The van der Waals surface area contributed by atoms with E-state index >= 15 is 0 Å². The fourth-order valence-electron chi connectivity index (χ4n) is 1.36. The molecule has 7 nitrogen and oxygen atoms in total. The van der Waals surface area contributed by atoms with Gasteiger partial charge in [-0.3, -0.25) is 4.79 Å². The van der Waals surface area contributed by atoms with E-state index in [4.69, 9.17) is 5.73 Å². The third-order valence-electron chi connectivity index (χ3n) is 2.11. The maximum Gasteiger partial charge on any atom is 0.225 e. The number of carbonyl (C=O) groups excluding carboxylic acids is 1. The fraction of sp³-hybridized carbons (Fsp3) is 0.200. The zero-order valence-electron chi connectivity index (χ0n) is 9.08. The van der Waals surface area contributed by atoms with Crippen molar-refractivity contribution < 1.29 is 4.79 Å². The van der Waals surface area contributed by atoms with E-state index in [0.29, 0.717) is 18.7 Å². The number of hydrogen-bond acceptors (Lipinski definition) is 5. The summed E-state index contributed by atoms with van der Waals surface area (Å²) in [6.07, 6.45) is 1.79. The maximum atomic E-state index is 11.4. The lowest BCUT2D eigenvalue weighted by atomic mass is 10.2. The molecule has 1 heterocycles. The molecular formula is C10H12N6O. The summed E-state index contributed by atoms with van der Waals surface area (Å²) >= 11 is 0. The van der Waals surface area contributed by atoms with Gasteiger partial charge >= 0.3 is 0 Å². The molecule has 0 unspecified atom stereocenters. The summed E-state index contributed by atoms with van der Waals surface area (Å²) in [6.45, 7) is 0.332. The van der Waals surface area contributed by atoms with Crippen LogP contribution in [0.15, 0.2) is 30.6 Å². The Hall–Kier alpha value is -2.28. The van der Waals surface area contributed by atoms with E-state index in [9.17, 15) is 4.79 Å². The van der Waals surface area contributed by atoms with Gasteiger partial charge in [0.25, 0.3) is 0 Å². The predicted octanol–water partition coefficient (Wildman–Crippen LogP) is -0.0504. The van der Waals surface area contributed by atoms with Gasteiger partial charge < -0.3 is 11.1 Å². The smallest absolute Gasteiger partial charge is 0.225 e. The first kappa shape index (κ1) is 11.2. The summed E-state index contributed by atoms with van der Waals surface area (Å²) in [5.74, 6) is -0.110. The zero-order valence-corrected chi connectivity index (χ0v) is 9.08. The van der Waals surface area contributed by atoms with Crippen molar-refractivity contribution in [1.82, 2.24) is 20.2 Å². The standard InChI is InChI=1S/C10H12N6O/c11-5-4-10(17)13-8-2-1-3-9(6-8)16-7-12-14-15-16/h1-3,6-7H,4-5,11H2,(H,13,17). The number of tetrazole rings is 1. The molecule has 1 aromatic heterocycles. The minimum atomic E-state index is -0.110. The number of benzene rings is 1. The summed E-state index contributed by atoms with van der Waals surface area (Å²) in [4.78, 5) is 11.4. The second kappa shape index (κ2) is 5.17. The predicted molar refractivity (Wildman–Crippen MR) is 61.5 cm³/mol. The van der Waals surface area contributed by atoms with E-state index in [-0.39, 0.29) is 5.91 Å². The number of aromatic nitrogens is 4. The average Bonchev–Trinajstić information content (AvgIpc) is 2.83. The van der Waals surface area contributed by atoms with Crippen LogP contribution in [0.3, 0.4) is 0 Å². The summed E-state index contributed by atoms with van der Waals surface area (Å²) in [5, 5.41) is 13.6. The molecule has 88 valence electrons. The van der Waals surface area contributed by atoms with Crippen LogP contribution < -0.4 is 11.1 Å². The Morgan fingerprint density at radius 1 is 1.47 bits per heavy atom. The van der Waals surface area contributed by atoms with Crippen molar-refractivity contribution >= 4 is 11.6 Å². The molecule has 0 bridgehead atoms. The molecule has 2 aromatic rings. The number of carbonyl (C=O) groups is 1. The Balaban J connectivity index is 2.15. The van der Waals surface area contributed by atoms with Gasteiger partial charge in [-0.15, -0.1) is 5.10 Å². The van der Waals surface area contributed by atoms with Gasteiger partial charge in [0.1, 0.15) is 6.33 Å². The van der Waals surface area contributed by atoms with Crippen molar-refractivity contribution in [1.29, 1.82) is 0 Å². The Kier molecular flexibility index (Phi) is 3.41. The SMILES string of the molecule is NCCC(=O)Nc1cccc(-n2cnnn2)c1. The van der Waals surface area contributed by atoms with E-state index < -0.39 is 0 Å². The van der Waals surface area contributed by atoms with Crippen LogP contribution in [0.5, 0.6) is 0 Å². The van der Waals surface area contributed by atoms with Crippen molar-refractivity contribution in [2.45, 2.75) is 6.42 Å². The van der Waals surface area contributed by atoms with Gasteiger partial charge in [0.05, 0.1) is 5.69 Å². The molecule has 0 aliphatic heterocycles. The van der Waals surface area contributed by atoms with E-state index in [0.717, 1.165) is 5.69 Å². The first-order valence-corrected chi connectivity index (χ1v) is 5.13. The summed E-state index contributed by atoms with van der Waals surface area (Å²) < 4.78 is 1.51. The van der Waals surface area contributed by atoms with Crippen LogP contribution in [-0.4, -0.2) is 32.7 Å². The van der Waals surface area contributed by atoms with Crippen LogP contribution in [0.1, 0.15) is 6.42 Å². The molecule has 0 fully saturated rings. The lowest BCUT2D eigenvalue weighted by molar-refractivity contribution is -0.116. The van der Waals surface area contributed by atoms with E-state index in [1.54, 1.807) is 12.1 Å². The Bertz CT molecular complexity index is 495. The summed E-state index contributed by atoms with van der Waals surface area (Å²) in [7, 11) is 0. The maximum absolute atomic E-state index is 11.4. The largest absolute Gasteiger partial charge is 0.330 e. The van der Waals surface area contributed by atoms with Crippen LogP contribution >= 0.6 is 0 Å². The molecule has 3 N–H and O–H groups in total. The fourth-order valence-corrected chi connectivity index (χ4v) is 1.36. The number of nitrogens with one attached hydrogen (secondary N) is 1. The molecule has 0 saturated heterocycles. The second-order valence-electron chi connectivity index (χ2n) is 3.39. The molecular weight excluding hydrogens is 220 g/mol. The molecule has 7 heteroatoms. The van der Waals surface area contributed by atoms with Crippen molar-refractivity contribution in [3.63, 3.8) is 0 Å². The molecule has 1 aromatic carbocycles. The highest BCUT2D eigenvalue weighted by Gasteiger charge is 2.03. The van der Waals surface area contributed by atoms with E-state index in [1.807, 2.05) is 12.1 Å². The third-order valence-corrected chi connectivity index (χ3v) is 2.11. The van der Waals surface area contributed by atoms with E-state index in [1.165, 1.54) is 11.0 Å². The van der Waals surface area contributed by atoms with Crippen molar-refractivity contribution in [3.8, 4) is 5.69 Å². The molecule has 0 radical (unpaired) electrons. The van der Waals surface area contributed by atoms with Crippen molar-refractivity contribution in [3.05, 3.63) is 30.6 Å². The van der Waals surface area contributed by atoms with Crippen LogP contribution in [0.25, 0.3) is 5.69 Å². The molecule has 17 heavy (non-hydrogen) atoms. The minimum absolute atomic E-state index is 0.110. The van der Waals surface area contributed by atoms with Gasteiger partial charge in [0, 0.05) is 18.7 Å². The van der Waals surface area contributed by atoms with Gasteiger partial charge in [-0.1, -0.05) is 6.07 Å². The van der Waals surface area contributed by atoms with Gasteiger partial charge in [-0.25, -0.2) is 4.68 Å². The average molecular weight is 232 g/mol. The second-order valence-corrected chi connectivity index (χ2v) is 3.39. The van der Waals surface area contributed by atoms with Crippen LogP contribution in [0, 0.1) is 0 Å². The lowest BCUT2D eigenvalue weighted by Gasteiger charge is -2.06. The zero-order chi connectivity index (χ0) is 12.1. The number of amides is 1. The van der Waals surface area contributed by atoms with E-state index in [2.05, 4.69) is 20.8 Å². The molecule has 2 rings (SSSR count). The van der Waals surface area contributed by atoms with Gasteiger partial charge in [0.15, 0.2) is 0 Å². The third kappa shape index (κ3) is 2.85. The lowest BCUT2D eigenvalue weighted by Crippen LogP contribution is -2.16. The normalized spacial score (nSPS) is 10.2. The highest BCUT2D eigenvalue weighted by molar-refractivity contribution is 5.91. The van der Waals surface area contributed by atoms with Crippen molar-refractivity contribution in [2.24, 2.45) is 5.73 Å². The van der Waals surface area contributed by atoms with Crippen LogP contribution in [-0.2, 0) is 4.79 Å². The first-order valence-electron chi connectivity index (χ1n) is 5.13. The Labute approximate surface area is 97.6 Å². The number of nitrogens with two attached hydrogens (primary N) is 1. The quantitative estimate of drug-likeness (QED) is 0.770. The molecule has 1 amide bonds. The highest BCUT2D eigenvalue weighted by Crippen LogP contribution is 2.13. The molecule has 0 spiro atoms. The van der Waals surface area contributed by atoms with Gasteiger partial charge in [-0.2, -0.15) is 0 Å². The van der Waals surface area contributed by atoms with Gasteiger partial charge in [0.2, 0.25) is 5.91 Å². The molecule has 0 saturated carbocycles. The van der Waals surface area contributed by atoms with Gasteiger partial charge in [-0.05, 0) is 28.6 Å². The summed E-state index contributed by atoms with van der Waals surface area (Å²) in [5.41, 5.74) is 6.77. The minimum Gasteiger partial charge on any atom is -0.330 e. The number of rotatable bonds is 4. The monoisotopic (exact) mass is 232 g/mol. The highest BCUT2D eigenvalue weighted by atomic mass is 16.1. The Morgan fingerprint density at radius 3 is 3.06 bits per heavy atom. The number of nitrogens with zero attached hydrogens (tertiary/aromatic N) is 4. The number of hydrogen-bond donors (Lipinski definition) is 2. The molecule has 0 atom stereocenters. The summed E-state index contributed by atoms with van der Waals surface area (Å²) in [6, 6.07) is 7.23. The first-order chi connectivity index (χ1) is 8.29. The van der Waals surface area contributed by atoms with Crippen LogP contribution in [0.2, 0.25) is 0 Å². The number of anilines is 1. The Morgan fingerprint density at radius 2 is 2.35 bits per heavy atom. The topological polar surface area (TPSA) is 98.7 Å². The molecule has 0 aliphatic rings. The van der Waals surface area contributed by atoms with Crippen molar-refractivity contribution in [2.75, 3.05) is 11.9 Å².